The van der Waals surface area contributed by atoms with E-state index in [1.807, 2.05) is 6.07 Å². The average Bonchev–Trinajstić information content (AvgIpc) is 2.39. The van der Waals surface area contributed by atoms with Crippen molar-refractivity contribution >= 4 is 5.69 Å². The molecule has 1 atom stereocenters. The Morgan fingerprint density at radius 3 is 2.94 bits per heavy atom. The van der Waals surface area contributed by atoms with Crippen molar-refractivity contribution in [1.82, 2.24) is 5.32 Å². The fraction of sp³-hybridized carbons (Fsp3) is 0.500. The van der Waals surface area contributed by atoms with Crippen LogP contribution in [0, 0.1) is 10.1 Å². The van der Waals surface area contributed by atoms with Crippen molar-refractivity contribution in [3.63, 3.8) is 0 Å². The van der Waals surface area contributed by atoms with Crippen molar-refractivity contribution in [1.29, 1.82) is 0 Å². The highest BCUT2D eigenvalue weighted by Crippen LogP contribution is 2.33. The predicted octanol–water partition coefficient (Wildman–Crippen LogP) is 2.07. The highest BCUT2D eigenvalue weighted by atomic mass is 16.6. The fourth-order valence-corrected chi connectivity index (χ4v) is 2.27. The lowest BCUT2D eigenvalue weighted by atomic mass is 9.91. The van der Waals surface area contributed by atoms with Gasteiger partial charge in [-0.25, -0.2) is 0 Å². The van der Waals surface area contributed by atoms with Gasteiger partial charge in [0.2, 0.25) is 0 Å². The minimum atomic E-state index is -0.397. The van der Waals surface area contributed by atoms with Gasteiger partial charge in [0.05, 0.1) is 18.1 Å². The number of nitrogens with one attached hydrogen (secondary N) is 1. The number of nitro groups is 1. The maximum Gasteiger partial charge on any atom is 0.273 e. The number of methoxy groups -OCH3 is 1. The summed E-state index contributed by atoms with van der Waals surface area (Å²) in [7, 11) is 1.55. The molecule has 0 aromatic heterocycles. The third kappa shape index (κ3) is 2.55. The summed E-state index contributed by atoms with van der Waals surface area (Å²) < 4.78 is 5.26. The first kappa shape index (κ1) is 11.9. The lowest BCUT2D eigenvalue weighted by Crippen LogP contribution is -2.28. The Hall–Kier alpha value is -1.62. The zero-order chi connectivity index (χ0) is 12.3. The normalized spacial score (nSPS) is 19.9. The number of nitrogens with zero attached hydrogens (tertiary/aromatic N) is 1. The molecule has 92 valence electrons. The Labute approximate surface area is 99.9 Å². The van der Waals surface area contributed by atoms with Gasteiger partial charge >= 0.3 is 0 Å². The Kier molecular flexibility index (Phi) is 3.58. The first-order valence-electron chi connectivity index (χ1n) is 5.75. The standard InChI is InChI=1S/C12H16N2O3/c1-17-12-7-10(14(15)16)4-5-11(12)9-3-2-6-13-8-9/h4-5,7,9,13H,2-3,6,8H2,1H3. The van der Waals surface area contributed by atoms with Gasteiger partial charge in [0.15, 0.2) is 0 Å². The van der Waals surface area contributed by atoms with Crippen molar-refractivity contribution in [2.24, 2.45) is 0 Å². The number of hydrogen-bond acceptors (Lipinski definition) is 4. The predicted molar refractivity (Wildman–Crippen MR) is 64.5 cm³/mol. The molecule has 0 saturated carbocycles. The first-order valence-corrected chi connectivity index (χ1v) is 5.75. The maximum absolute atomic E-state index is 10.7. The number of rotatable bonds is 3. The summed E-state index contributed by atoms with van der Waals surface area (Å²) in [6, 6.07) is 4.87. The summed E-state index contributed by atoms with van der Waals surface area (Å²) in [5.74, 6) is 1.01. The van der Waals surface area contributed by atoms with Crippen LogP contribution in [0.25, 0.3) is 0 Å². The number of benzene rings is 1. The van der Waals surface area contributed by atoms with Crippen LogP contribution < -0.4 is 10.1 Å². The number of ether oxygens (including phenoxy) is 1. The van der Waals surface area contributed by atoms with Gasteiger partial charge in [-0.3, -0.25) is 10.1 Å². The summed E-state index contributed by atoms with van der Waals surface area (Å²) in [5, 5.41) is 14.0. The molecule has 0 aliphatic carbocycles. The molecule has 1 saturated heterocycles. The number of nitro benzene ring substituents is 1. The smallest absolute Gasteiger partial charge is 0.273 e. The van der Waals surface area contributed by atoms with Gasteiger partial charge < -0.3 is 10.1 Å². The van der Waals surface area contributed by atoms with Crippen LogP contribution >= 0.6 is 0 Å². The van der Waals surface area contributed by atoms with E-state index >= 15 is 0 Å². The first-order chi connectivity index (χ1) is 8.22. The van der Waals surface area contributed by atoms with Crippen LogP contribution in [0.3, 0.4) is 0 Å². The SMILES string of the molecule is COc1cc([N+](=O)[O-])ccc1C1CCCNC1. The second kappa shape index (κ2) is 5.14. The van der Waals surface area contributed by atoms with Crippen molar-refractivity contribution in [3.8, 4) is 5.75 Å². The van der Waals surface area contributed by atoms with Crippen LogP contribution in [0.5, 0.6) is 5.75 Å². The van der Waals surface area contributed by atoms with E-state index in [-0.39, 0.29) is 5.69 Å². The number of piperidine rings is 1. The Bertz CT molecular complexity index is 414. The molecule has 0 bridgehead atoms. The molecular weight excluding hydrogens is 220 g/mol. The zero-order valence-corrected chi connectivity index (χ0v) is 9.81. The third-order valence-corrected chi connectivity index (χ3v) is 3.16. The van der Waals surface area contributed by atoms with E-state index in [1.165, 1.54) is 6.07 Å². The lowest BCUT2D eigenvalue weighted by Gasteiger charge is -2.24. The second-order valence-electron chi connectivity index (χ2n) is 4.23. The quantitative estimate of drug-likeness (QED) is 0.644. The van der Waals surface area contributed by atoms with Crippen LogP contribution in [0.15, 0.2) is 18.2 Å². The van der Waals surface area contributed by atoms with Crippen molar-refractivity contribution in [3.05, 3.63) is 33.9 Å². The molecule has 0 spiro atoms. The van der Waals surface area contributed by atoms with Crippen LogP contribution in [-0.4, -0.2) is 25.1 Å². The van der Waals surface area contributed by atoms with Gasteiger partial charge in [0.1, 0.15) is 5.75 Å². The van der Waals surface area contributed by atoms with Gasteiger partial charge in [0.25, 0.3) is 5.69 Å². The number of non-ortho nitro benzene ring substituents is 1. The third-order valence-electron chi connectivity index (χ3n) is 3.16. The summed E-state index contributed by atoms with van der Waals surface area (Å²) >= 11 is 0. The monoisotopic (exact) mass is 236 g/mol. The summed E-state index contributed by atoms with van der Waals surface area (Å²) in [6.45, 7) is 1.96. The van der Waals surface area contributed by atoms with E-state index in [2.05, 4.69) is 5.32 Å². The highest BCUT2D eigenvalue weighted by Gasteiger charge is 2.20. The van der Waals surface area contributed by atoms with Crippen molar-refractivity contribution in [2.45, 2.75) is 18.8 Å². The van der Waals surface area contributed by atoms with Crippen LogP contribution in [-0.2, 0) is 0 Å². The molecule has 1 aliphatic heterocycles. The van der Waals surface area contributed by atoms with E-state index in [0.717, 1.165) is 31.5 Å². The Morgan fingerprint density at radius 2 is 2.35 bits per heavy atom. The van der Waals surface area contributed by atoms with E-state index in [9.17, 15) is 10.1 Å². The average molecular weight is 236 g/mol. The molecular formula is C12H16N2O3. The van der Waals surface area contributed by atoms with Gasteiger partial charge in [-0.1, -0.05) is 0 Å². The minimum Gasteiger partial charge on any atom is -0.496 e. The molecule has 0 radical (unpaired) electrons. The Balaban J connectivity index is 2.29. The lowest BCUT2D eigenvalue weighted by molar-refractivity contribution is -0.384. The van der Waals surface area contributed by atoms with E-state index in [4.69, 9.17) is 4.74 Å². The summed E-state index contributed by atoms with van der Waals surface area (Å²) in [6.07, 6.45) is 2.23. The molecule has 1 unspecified atom stereocenters. The van der Waals surface area contributed by atoms with Crippen LogP contribution in [0.4, 0.5) is 5.69 Å². The fourth-order valence-electron chi connectivity index (χ4n) is 2.27. The summed E-state index contributed by atoms with van der Waals surface area (Å²) in [4.78, 5) is 10.3. The topological polar surface area (TPSA) is 64.4 Å². The molecule has 5 heteroatoms. The van der Waals surface area contributed by atoms with Crippen molar-refractivity contribution < 1.29 is 9.66 Å². The van der Waals surface area contributed by atoms with E-state index in [1.54, 1.807) is 13.2 Å². The second-order valence-corrected chi connectivity index (χ2v) is 4.23. The van der Waals surface area contributed by atoms with E-state index < -0.39 is 4.92 Å². The molecule has 1 aliphatic rings. The maximum atomic E-state index is 10.7. The largest absolute Gasteiger partial charge is 0.496 e. The molecule has 2 rings (SSSR count). The highest BCUT2D eigenvalue weighted by molar-refractivity contribution is 5.46. The van der Waals surface area contributed by atoms with Gasteiger partial charge in [0, 0.05) is 18.5 Å². The van der Waals surface area contributed by atoms with Gasteiger partial charge in [-0.15, -0.1) is 0 Å². The molecule has 1 N–H and O–H groups in total. The molecule has 0 amide bonds. The molecule has 5 nitrogen and oxygen atoms in total. The van der Waals surface area contributed by atoms with Crippen molar-refractivity contribution in [2.75, 3.05) is 20.2 Å². The minimum absolute atomic E-state index is 0.0781. The molecule has 1 heterocycles. The van der Waals surface area contributed by atoms with Gasteiger partial charge in [-0.2, -0.15) is 0 Å². The molecule has 17 heavy (non-hydrogen) atoms. The number of hydrogen-bond donors (Lipinski definition) is 1. The molecule has 1 aromatic rings. The van der Waals surface area contributed by atoms with Crippen LogP contribution in [0.2, 0.25) is 0 Å². The van der Waals surface area contributed by atoms with E-state index in [0.29, 0.717) is 11.7 Å². The molecule has 1 fully saturated rings. The van der Waals surface area contributed by atoms with Crippen LogP contribution in [0.1, 0.15) is 24.3 Å². The Morgan fingerprint density at radius 1 is 1.53 bits per heavy atom. The van der Waals surface area contributed by atoms with Gasteiger partial charge in [-0.05, 0) is 31.0 Å². The zero-order valence-electron chi connectivity index (χ0n) is 9.81. The molecule has 1 aromatic carbocycles. The summed E-state index contributed by atoms with van der Waals surface area (Å²) in [5.41, 5.74) is 1.14.